The fourth-order valence-electron chi connectivity index (χ4n) is 2.30. The average Bonchev–Trinajstić information content (AvgIpc) is 2.52. The maximum Gasteiger partial charge on any atom is 0.123 e. The summed E-state index contributed by atoms with van der Waals surface area (Å²) in [6, 6.07) is 17.2. The Balaban J connectivity index is 1.84. The zero-order valence-corrected chi connectivity index (χ0v) is 14.2. The van der Waals surface area contributed by atoms with E-state index in [1.807, 2.05) is 12.1 Å². The van der Waals surface area contributed by atoms with Crippen LogP contribution in [-0.2, 0) is 13.0 Å². The lowest BCUT2D eigenvalue weighted by Gasteiger charge is -2.15. The van der Waals surface area contributed by atoms with Crippen molar-refractivity contribution in [1.82, 2.24) is 5.32 Å². The second kappa shape index (κ2) is 8.20. The molecule has 0 aliphatic heterocycles. The molecule has 0 heterocycles. The van der Waals surface area contributed by atoms with Gasteiger partial charge in [-0.15, -0.1) is 0 Å². The Hall–Kier alpha value is -1.32. The van der Waals surface area contributed by atoms with E-state index in [1.165, 1.54) is 11.1 Å². The Bertz CT molecular complexity index is 556. The molecule has 1 N–H and O–H groups in total. The number of benzene rings is 2. The van der Waals surface area contributed by atoms with E-state index in [2.05, 4.69) is 64.6 Å². The zero-order valence-electron chi connectivity index (χ0n) is 12.6. The van der Waals surface area contributed by atoms with Crippen LogP contribution in [0.1, 0.15) is 24.5 Å². The van der Waals surface area contributed by atoms with Gasteiger partial charge in [0.05, 0.1) is 7.11 Å². The fourth-order valence-corrected chi connectivity index (χ4v) is 2.71. The number of halogens is 1. The van der Waals surface area contributed by atoms with Gasteiger partial charge < -0.3 is 10.1 Å². The van der Waals surface area contributed by atoms with Gasteiger partial charge in [-0.1, -0.05) is 46.3 Å². The molecule has 0 saturated heterocycles. The van der Waals surface area contributed by atoms with Crippen LogP contribution in [0.2, 0.25) is 0 Å². The van der Waals surface area contributed by atoms with Gasteiger partial charge >= 0.3 is 0 Å². The van der Waals surface area contributed by atoms with Crippen LogP contribution in [-0.4, -0.2) is 13.2 Å². The summed E-state index contributed by atoms with van der Waals surface area (Å²) in [5, 5.41) is 3.57. The molecule has 0 unspecified atom stereocenters. The van der Waals surface area contributed by atoms with Crippen LogP contribution in [0, 0.1) is 0 Å². The van der Waals surface area contributed by atoms with E-state index in [-0.39, 0.29) is 0 Å². The zero-order chi connectivity index (χ0) is 15.1. The topological polar surface area (TPSA) is 21.3 Å². The molecular formula is C18H22BrNO. The molecule has 0 radical (unpaired) electrons. The predicted octanol–water partition coefficient (Wildman–Crippen LogP) is 4.57. The van der Waals surface area contributed by atoms with Crippen LogP contribution in [0.4, 0.5) is 0 Å². The standard InChI is InChI=1S/C18H22BrNO/c1-14(8-9-15-6-4-3-5-7-15)20-13-16-12-17(19)10-11-18(16)21-2/h3-7,10-12,14,20H,8-9,13H2,1-2H3/t14-/m1/s1. The first-order valence-corrected chi connectivity index (χ1v) is 8.08. The van der Waals surface area contributed by atoms with Crippen molar-refractivity contribution < 1.29 is 4.74 Å². The van der Waals surface area contributed by atoms with E-state index in [0.29, 0.717) is 6.04 Å². The van der Waals surface area contributed by atoms with Crippen molar-refractivity contribution in [2.24, 2.45) is 0 Å². The van der Waals surface area contributed by atoms with Gasteiger partial charge in [-0.25, -0.2) is 0 Å². The summed E-state index contributed by atoms with van der Waals surface area (Å²) < 4.78 is 6.48. The summed E-state index contributed by atoms with van der Waals surface area (Å²) in [6.45, 7) is 3.05. The molecule has 0 fully saturated rings. The van der Waals surface area contributed by atoms with Crippen molar-refractivity contribution in [3.8, 4) is 5.75 Å². The molecule has 21 heavy (non-hydrogen) atoms. The van der Waals surface area contributed by atoms with E-state index in [0.717, 1.165) is 29.6 Å². The molecule has 0 saturated carbocycles. The van der Waals surface area contributed by atoms with Crippen LogP contribution in [0.5, 0.6) is 5.75 Å². The highest BCUT2D eigenvalue weighted by Crippen LogP contribution is 2.23. The van der Waals surface area contributed by atoms with E-state index in [9.17, 15) is 0 Å². The second-order valence-corrected chi connectivity index (χ2v) is 6.18. The SMILES string of the molecule is COc1ccc(Br)cc1CN[C@H](C)CCc1ccccc1. The minimum atomic E-state index is 0.467. The minimum Gasteiger partial charge on any atom is -0.496 e. The summed E-state index contributed by atoms with van der Waals surface area (Å²) in [4.78, 5) is 0. The van der Waals surface area contributed by atoms with Crippen molar-refractivity contribution in [3.05, 3.63) is 64.1 Å². The molecule has 3 heteroatoms. The molecule has 2 rings (SSSR count). The van der Waals surface area contributed by atoms with Crippen molar-refractivity contribution in [3.63, 3.8) is 0 Å². The largest absolute Gasteiger partial charge is 0.496 e. The van der Waals surface area contributed by atoms with Gasteiger partial charge in [0.1, 0.15) is 5.75 Å². The van der Waals surface area contributed by atoms with E-state index in [4.69, 9.17) is 4.74 Å². The van der Waals surface area contributed by atoms with Crippen LogP contribution in [0.15, 0.2) is 53.0 Å². The summed E-state index contributed by atoms with van der Waals surface area (Å²) in [5.74, 6) is 0.931. The second-order valence-electron chi connectivity index (χ2n) is 5.26. The minimum absolute atomic E-state index is 0.467. The number of aryl methyl sites for hydroxylation is 1. The average molecular weight is 348 g/mol. The molecule has 1 atom stereocenters. The Kier molecular flexibility index (Phi) is 6.27. The lowest BCUT2D eigenvalue weighted by molar-refractivity contribution is 0.404. The van der Waals surface area contributed by atoms with Gasteiger partial charge in [0.15, 0.2) is 0 Å². The Morgan fingerprint density at radius 1 is 1.14 bits per heavy atom. The number of nitrogens with one attached hydrogen (secondary N) is 1. The lowest BCUT2D eigenvalue weighted by Crippen LogP contribution is -2.26. The number of hydrogen-bond donors (Lipinski definition) is 1. The molecule has 2 aromatic rings. The monoisotopic (exact) mass is 347 g/mol. The number of methoxy groups -OCH3 is 1. The Morgan fingerprint density at radius 2 is 1.90 bits per heavy atom. The quantitative estimate of drug-likeness (QED) is 0.792. The van der Waals surface area contributed by atoms with Crippen molar-refractivity contribution in [2.75, 3.05) is 7.11 Å². The third-order valence-corrected chi connectivity index (χ3v) is 4.09. The molecular weight excluding hydrogens is 326 g/mol. The molecule has 0 bridgehead atoms. The normalized spacial score (nSPS) is 12.1. The van der Waals surface area contributed by atoms with Crippen LogP contribution in [0.3, 0.4) is 0 Å². The number of rotatable bonds is 7. The first-order valence-electron chi connectivity index (χ1n) is 7.29. The van der Waals surface area contributed by atoms with Gasteiger partial charge in [-0.3, -0.25) is 0 Å². The predicted molar refractivity (Wildman–Crippen MR) is 91.8 cm³/mol. The number of ether oxygens (including phenoxy) is 1. The molecule has 0 amide bonds. The van der Waals surface area contributed by atoms with Gasteiger partial charge in [0, 0.05) is 22.6 Å². The van der Waals surface area contributed by atoms with Crippen molar-refractivity contribution in [1.29, 1.82) is 0 Å². The first-order chi connectivity index (χ1) is 10.2. The summed E-state index contributed by atoms with van der Waals surface area (Å²) in [7, 11) is 1.71. The fraction of sp³-hybridized carbons (Fsp3) is 0.333. The maximum atomic E-state index is 5.40. The van der Waals surface area contributed by atoms with Gasteiger partial charge in [-0.2, -0.15) is 0 Å². The van der Waals surface area contributed by atoms with Gasteiger partial charge in [0.2, 0.25) is 0 Å². The maximum absolute atomic E-state index is 5.40. The third kappa shape index (κ3) is 5.18. The molecule has 2 aromatic carbocycles. The highest BCUT2D eigenvalue weighted by Gasteiger charge is 2.06. The molecule has 2 nitrogen and oxygen atoms in total. The molecule has 0 aliphatic rings. The molecule has 0 spiro atoms. The van der Waals surface area contributed by atoms with E-state index < -0.39 is 0 Å². The third-order valence-electron chi connectivity index (χ3n) is 3.59. The highest BCUT2D eigenvalue weighted by molar-refractivity contribution is 9.10. The summed E-state index contributed by atoms with van der Waals surface area (Å²) in [6.07, 6.45) is 2.23. The molecule has 0 aliphatic carbocycles. The van der Waals surface area contributed by atoms with Crippen molar-refractivity contribution >= 4 is 15.9 Å². The van der Waals surface area contributed by atoms with Crippen LogP contribution < -0.4 is 10.1 Å². The highest BCUT2D eigenvalue weighted by atomic mass is 79.9. The Labute approximate surface area is 135 Å². The lowest BCUT2D eigenvalue weighted by atomic mass is 10.1. The van der Waals surface area contributed by atoms with E-state index >= 15 is 0 Å². The van der Waals surface area contributed by atoms with Crippen LogP contribution >= 0.6 is 15.9 Å². The summed E-state index contributed by atoms with van der Waals surface area (Å²) >= 11 is 3.51. The van der Waals surface area contributed by atoms with E-state index in [1.54, 1.807) is 7.11 Å². The smallest absolute Gasteiger partial charge is 0.123 e. The number of hydrogen-bond acceptors (Lipinski definition) is 2. The Morgan fingerprint density at radius 3 is 2.62 bits per heavy atom. The van der Waals surface area contributed by atoms with Gasteiger partial charge in [-0.05, 0) is 43.5 Å². The first kappa shape index (κ1) is 16.1. The van der Waals surface area contributed by atoms with Crippen LogP contribution in [0.25, 0.3) is 0 Å². The molecule has 0 aromatic heterocycles. The van der Waals surface area contributed by atoms with Gasteiger partial charge in [0.25, 0.3) is 0 Å². The summed E-state index contributed by atoms with van der Waals surface area (Å²) in [5.41, 5.74) is 2.57. The molecule has 112 valence electrons. The van der Waals surface area contributed by atoms with Crippen molar-refractivity contribution in [2.45, 2.75) is 32.4 Å².